The lowest BCUT2D eigenvalue weighted by Gasteiger charge is -2.13. The first-order valence-electron chi connectivity index (χ1n) is 5.67. The number of rotatable bonds is 4. The van der Waals surface area contributed by atoms with Crippen molar-refractivity contribution in [2.75, 3.05) is 27.2 Å². The molecule has 0 radical (unpaired) electrons. The fraction of sp³-hybridized carbons (Fsp3) is 0.583. The molecule has 88 valence electrons. The topological polar surface area (TPSA) is 24.8 Å². The minimum Gasteiger partial charge on any atom is -0.394 e. The summed E-state index contributed by atoms with van der Waals surface area (Å²) in [5.74, 6) is 0. The summed E-state index contributed by atoms with van der Waals surface area (Å²) in [4.78, 5) is 8.91. The van der Waals surface area contributed by atoms with Crippen molar-refractivity contribution in [2.24, 2.45) is 5.16 Å². The van der Waals surface area contributed by atoms with E-state index >= 15 is 0 Å². The highest BCUT2D eigenvalue weighted by Gasteiger charge is 2.16. The number of thiophene rings is 1. The number of hydrogen-bond acceptors (Lipinski definition) is 4. The van der Waals surface area contributed by atoms with E-state index in [9.17, 15) is 0 Å². The molecule has 0 bridgehead atoms. The molecule has 0 amide bonds. The molecule has 0 saturated heterocycles. The zero-order chi connectivity index (χ0) is 11.4. The van der Waals surface area contributed by atoms with Crippen LogP contribution in [0.5, 0.6) is 0 Å². The van der Waals surface area contributed by atoms with Gasteiger partial charge in [-0.05, 0) is 44.8 Å². The Kier molecular flexibility index (Phi) is 3.96. The summed E-state index contributed by atoms with van der Waals surface area (Å²) in [6, 6.07) is 2.16. The molecule has 0 fully saturated rings. The van der Waals surface area contributed by atoms with Gasteiger partial charge in [0, 0.05) is 17.0 Å². The minimum atomic E-state index is 0.663. The zero-order valence-electron chi connectivity index (χ0n) is 9.90. The Morgan fingerprint density at radius 3 is 3.12 bits per heavy atom. The van der Waals surface area contributed by atoms with Gasteiger partial charge in [0.25, 0.3) is 0 Å². The van der Waals surface area contributed by atoms with Gasteiger partial charge in [-0.25, -0.2) is 0 Å². The van der Waals surface area contributed by atoms with E-state index in [0.717, 1.165) is 18.7 Å². The first kappa shape index (κ1) is 11.6. The Bertz CT molecular complexity index is 371. The van der Waals surface area contributed by atoms with E-state index in [1.165, 1.54) is 23.3 Å². The van der Waals surface area contributed by atoms with Gasteiger partial charge in [0.15, 0.2) is 0 Å². The lowest BCUT2D eigenvalue weighted by atomic mass is 9.97. The van der Waals surface area contributed by atoms with E-state index < -0.39 is 0 Å². The van der Waals surface area contributed by atoms with Crippen LogP contribution in [0.1, 0.15) is 23.3 Å². The molecule has 1 aromatic heterocycles. The maximum atomic E-state index is 5.36. The number of hydrogen-bond donors (Lipinski definition) is 0. The van der Waals surface area contributed by atoms with Crippen LogP contribution in [0.4, 0.5) is 0 Å². The summed E-state index contributed by atoms with van der Waals surface area (Å²) in [5, 5.41) is 6.41. The first-order valence-corrected chi connectivity index (χ1v) is 6.55. The summed E-state index contributed by atoms with van der Waals surface area (Å²) in [6.45, 7) is 1.57. The van der Waals surface area contributed by atoms with Gasteiger partial charge >= 0.3 is 0 Å². The monoisotopic (exact) mass is 238 g/mol. The third-order valence-corrected chi connectivity index (χ3v) is 3.66. The van der Waals surface area contributed by atoms with Crippen LogP contribution in [0.25, 0.3) is 0 Å². The Hall–Kier alpha value is -0.870. The van der Waals surface area contributed by atoms with Gasteiger partial charge in [0.2, 0.25) is 0 Å². The van der Waals surface area contributed by atoms with Crippen LogP contribution >= 0.6 is 11.3 Å². The van der Waals surface area contributed by atoms with Crippen molar-refractivity contribution in [3.8, 4) is 0 Å². The van der Waals surface area contributed by atoms with Crippen LogP contribution in [0.2, 0.25) is 0 Å². The van der Waals surface area contributed by atoms with Crippen LogP contribution in [0.3, 0.4) is 0 Å². The number of likely N-dealkylation sites (N-methyl/N-ethyl adjacent to an activating group) is 1. The molecule has 3 nitrogen and oxygen atoms in total. The number of nitrogens with zero attached hydrogens (tertiary/aromatic N) is 2. The summed E-state index contributed by atoms with van der Waals surface area (Å²) >= 11 is 1.83. The Morgan fingerprint density at radius 2 is 2.31 bits per heavy atom. The first-order chi connectivity index (χ1) is 7.77. The van der Waals surface area contributed by atoms with Gasteiger partial charge in [-0.3, -0.25) is 0 Å². The molecule has 16 heavy (non-hydrogen) atoms. The van der Waals surface area contributed by atoms with E-state index in [1.807, 2.05) is 25.4 Å². The second-order valence-corrected chi connectivity index (χ2v) is 5.29. The summed E-state index contributed by atoms with van der Waals surface area (Å²) in [7, 11) is 4.07. The lowest BCUT2D eigenvalue weighted by Crippen LogP contribution is -2.17. The van der Waals surface area contributed by atoms with Crippen LogP contribution < -0.4 is 0 Å². The molecule has 4 heteroatoms. The molecule has 1 heterocycles. The quantitative estimate of drug-likeness (QED) is 0.594. The summed E-state index contributed by atoms with van der Waals surface area (Å²) in [5.41, 5.74) is 2.43. The van der Waals surface area contributed by atoms with Gasteiger partial charge in [0.05, 0.1) is 5.71 Å². The third-order valence-electron chi connectivity index (χ3n) is 2.68. The van der Waals surface area contributed by atoms with Crippen molar-refractivity contribution in [3.63, 3.8) is 0 Å². The van der Waals surface area contributed by atoms with E-state index in [2.05, 4.69) is 21.5 Å². The molecule has 0 unspecified atom stereocenters. The van der Waals surface area contributed by atoms with E-state index in [1.54, 1.807) is 0 Å². The smallest absolute Gasteiger partial charge is 0.129 e. The predicted molar refractivity (Wildman–Crippen MR) is 68.3 cm³/mol. The zero-order valence-corrected chi connectivity index (χ0v) is 10.7. The van der Waals surface area contributed by atoms with E-state index in [-0.39, 0.29) is 0 Å². The van der Waals surface area contributed by atoms with Crippen molar-refractivity contribution >= 4 is 17.0 Å². The number of aryl methyl sites for hydroxylation is 1. The number of fused-ring (bicyclic) bond motifs is 1. The van der Waals surface area contributed by atoms with Crippen LogP contribution in [0, 0.1) is 0 Å². The Morgan fingerprint density at radius 1 is 1.44 bits per heavy atom. The molecule has 0 aromatic carbocycles. The Labute approximate surface area is 101 Å². The fourth-order valence-corrected chi connectivity index (χ4v) is 2.73. The normalized spacial score (nSPS) is 17.8. The second kappa shape index (κ2) is 5.46. The molecule has 0 spiro atoms. The summed E-state index contributed by atoms with van der Waals surface area (Å²) < 4.78 is 0. The van der Waals surface area contributed by atoms with Crippen molar-refractivity contribution < 1.29 is 4.84 Å². The Balaban J connectivity index is 1.93. The van der Waals surface area contributed by atoms with Gasteiger partial charge in [0.1, 0.15) is 6.61 Å². The van der Waals surface area contributed by atoms with Crippen LogP contribution in [0.15, 0.2) is 16.6 Å². The summed E-state index contributed by atoms with van der Waals surface area (Å²) in [6.07, 6.45) is 3.44. The molecule has 0 saturated carbocycles. The molecule has 0 aliphatic heterocycles. The molecule has 2 rings (SSSR count). The van der Waals surface area contributed by atoms with Gasteiger partial charge in [-0.15, -0.1) is 11.3 Å². The number of oxime groups is 1. The van der Waals surface area contributed by atoms with Crippen LogP contribution in [-0.4, -0.2) is 37.9 Å². The van der Waals surface area contributed by atoms with Gasteiger partial charge in [-0.2, -0.15) is 0 Å². The van der Waals surface area contributed by atoms with Crippen LogP contribution in [-0.2, 0) is 11.3 Å². The predicted octanol–water partition coefficient (Wildman–Crippen LogP) is 2.37. The lowest BCUT2D eigenvalue weighted by molar-refractivity contribution is 0.125. The van der Waals surface area contributed by atoms with Crippen molar-refractivity contribution in [3.05, 3.63) is 21.9 Å². The molecular weight excluding hydrogens is 220 g/mol. The largest absolute Gasteiger partial charge is 0.394 e. The van der Waals surface area contributed by atoms with E-state index in [4.69, 9.17) is 4.84 Å². The molecule has 1 aliphatic rings. The van der Waals surface area contributed by atoms with Gasteiger partial charge in [-0.1, -0.05) is 5.16 Å². The second-order valence-electron chi connectivity index (χ2n) is 4.29. The van der Waals surface area contributed by atoms with Crippen molar-refractivity contribution in [2.45, 2.75) is 19.3 Å². The highest BCUT2D eigenvalue weighted by molar-refractivity contribution is 7.10. The molecule has 0 N–H and O–H groups in total. The molecule has 1 aliphatic carbocycles. The molecule has 1 aromatic rings. The standard InChI is InChI=1S/C12H18N2OS/c1-14(2)7-8-15-13-11-4-3-5-12-10(11)6-9-16-12/h6,9H,3-5,7-8H2,1-2H3/b13-11-. The average Bonchev–Trinajstić information content (AvgIpc) is 2.72. The average molecular weight is 238 g/mol. The van der Waals surface area contributed by atoms with Crippen molar-refractivity contribution in [1.82, 2.24) is 4.90 Å². The highest BCUT2D eigenvalue weighted by atomic mass is 32.1. The SMILES string of the molecule is CN(C)CCO/N=C1/CCCc2sccc21. The highest BCUT2D eigenvalue weighted by Crippen LogP contribution is 2.26. The maximum absolute atomic E-state index is 5.36. The van der Waals surface area contributed by atoms with Crippen molar-refractivity contribution in [1.29, 1.82) is 0 Å². The van der Waals surface area contributed by atoms with E-state index in [0.29, 0.717) is 6.61 Å². The molecule has 0 atom stereocenters. The fourth-order valence-electron chi connectivity index (χ4n) is 1.78. The minimum absolute atomic E-state index is 0.663. The maximum Gasteiger partial charge on any atom is 0.129 e. The third kappa shape index (κ3) is 2.83. The molecular formula is C12H18N2OS. The van der Waals surface area contributed by atoms with Gasteiger partial charge < -0.3 is 9.74 Å².